The number of carbonyl (C=O) groups is 1. The molecule has 2 rings (SSSR count). The van der Waals surface area contributed by atoms with Gasteiger partial charge in [-0.25, -0.2) is 18.1 Å². The third-order valence-electron chi connectivity index (χ3n) is 2.69. The standard InChI is InChI=1S/C13H15F2N3OS2/c14-13(15)7-18(5-1-4-16-8-19)21-10-2-3-11-12(6-10)20-9-17-11/h2-3,6,8-9,13H,1,4-5,7H2,(H,16,19). The van der Waals surface area contributed by atoms with Gasteiger partial charge >= 0.3 is 0 Å². The maximum atomic E-state index is 12.6. The molecule has 0 spiro atoms. The first kappa shape index (κ1) is 16.1. The van der Waals surface area contributed by atoms with Crippen LogP contribution in [0, 0.1) is 0 Å². The molecule has 114 valence electrons. The van der Waals surface area contributed by atoms with Crippen LogP contribution >= 0.6 is 23.3 Å². The third kappa shape index (κ3) is 5.22. The Morgan fingerprint density at radius 3 is 3.10 bits per heavy atom. The summed E-state index contributed by atoms with van der Waals surface area (Å²) >= 11 is 2.84. The zero-order valence-corrected chi connectivity index (χ0v) is 12.8. The van der Waals surface area contributed by atoms with Crippen LogP contribution in [0.3, 0.4) is 0 Å². The second-order valence-corrected chi connectivity index (χ2v) is 6.33. The Kier molecular flexibility index (Phi) is 6.34. The van der Waals surface area contributed by atoms with Crippen molar-refractivity contribution in [1.82, 2.24) is 14.6 Å². The van der Waals surface area contributed by atoms with Gasteiger partial charge in [0.05, 0.1) is 22.3 Å². The summed E-state index contributed by atoms with van der Waals surface area (Å²) in [6, 6.07) is 5.73. The van der Waals surface area contributed by atoms with Crippen molar-refractivity contribution in [3.8, 4) is 0 Å². The van der Waals surface area contributed by atoms with Gasteiger partial charge in [0.2, 0.25) is 6.41 Å². The predicted molar refractivity (Wildman–Crippen MR) is 81.7 cm³/mol. The average molecular weight is 331 g/mol. The number of hydrogen-bond acceptors (Lipinski definition) is 5. The summed E-state index contributed by atoms with van der Waals surface area (Å²) in [7, 11) is 0. The van der Waals surface area contributed by atoms with Crippen LogP contribution in [0.4, 0.5) is 8.78 Å². The van der Waals surface area contributed by atoms with Crippen LogP contribution in [0.1, 0.15) is 6.42 Å². The number of fused-ring (bicyclic) bond motifs is 1. The minimum absolute atomic E-state index is 0.299. The van der Waals surface area contributed by atoms with Gasteiger partial charge in [0.1, 0.15) is 0 Å². The van der Waals surface area contributed by atoms with Crippen LogP contribution in [0.5, 0.6) is 0 Å². The van der Waals surface area contributed by atoms with Gasteiger partial charge in [-0.1, -0.05) is 0 Å². The average Bonchev–Trinajstić information content (AvgIpc) is 2.90. The minimum Gasteiger partial charge on any atom is -0.359 e. The van der Waals surface area contributed by atoms with E-state index in [4.69, 9.17) is 0 Å². The first-order valence-corrected chi connectivity index (χ1v) is 8.05. The highest BCUT2D eigenvalue weighted by atomic mass is 32.2. The molecule has 0 saturated carbocycles. The van der Waals surface area contributed by atoms with E-state index in [1.807, 2.05) is 18.2 Å². The number of aromatic nitrogens is 1. The Balaban J connectivity index is 1.96. The summed E-state index contributed by atoms with van der Waals surface area (Å²) < 4.78 is 27.9. The van der Waals surface area contributed by atoms with Gasteiger partial charge in [-0.2, -0.15) is 0 Å². The van der Waals surface area contributed by atoms with Crippen molar-refractivity contribution in [1.29, 1.82) is 0 Å². The van der Waals surface area contributed by atoms with Gasteiger partial charge in [0.15, 0.2) is 0 Å². The van der Waals surface area contributed by atoms with E-state index >= 15 is 0 Å². The first-order chi connectivity index (χ1) is 10.2. The molecule has 0 radical (unpaired) electrons. The number of rotatable bonds is 9. The van der Waals surface area contributed by atoms with Gasteiger partial charge < -0.3 is 5.32 Å². The summed E-state index contributed by atoms with van der Waals surface area (Å²) in [4.78, 5) is 15.3. The summed E-state index contributed by atoms with van der Waals surface area (Å²) in [6.45, 7) is 0.667. The van der Waals surface area contributed by atoms with Gasteiger partial charge in [-0.15, -0.1) is 11.3 Å². The van der Waals surface area contributed by atoms with Crippen molar-refractivity contribution in [3.63, 3.8) is 0 Å². The molecule has 0 atom stereocenters. The van der Waals surface area contributed by atoms with E-state index in [1.54, 1.807) is 9.82 Å². The van der Waals surface area contributed by atoms with Crippen molar-refractivity contribution >= 4 is 39.9 Å². The Morgan fingerprint density at radius 1 is 1.48 bits per heavy atom. The lowest BCUT2D eigenvalue weighted by Crippen LogP contribution is -2.26. The van der Waals surface area contributed by atoms with Crippen molar-refractivity contribution in [2.45, 2.75) is 17.7 Å². The van der Waals surface area contributed by atoms with Crippen LogP contribution in [-0.2, 0) is 4.79 Å². The van der Waals surface area contributed by atoms with Crippen molar-refractivity contribution < 1.29 is 13.6 Å². The van der Waals surface area contributed by atoms with E-state index in [2.05, 4.69) is 10.3 Å². The predicted octanol–water partition coefficient (Wildman–Crippen LogP) is 3.01. The van der Waals surface area contributed by atoms with Crippen LogP contribution < -0.4 is 5.32 Å². The SMILES string of the molecule is O=CNCCCN(CC(F)F)Sc1ccc2ncsc2c1. The molecule has 8 heteroatoms. The Morgan fingerprint density at radius 2 is 2.33 bits per heavy atom. The number of carbonyl (C=O) groups excluding carboxylic acids is 1. The Labute approximate surface area is 129 Å². The zero-order valence-electron chi connectivity index (χ0n) is 11.2. The Hall–Kier alpha value is -1.25. The van der Waals surface area contributed by atoms with Gasteiger partial charge in [-0.3, -0.25) is 4.79 Å². The molecule has 0 bridgehead atoms. The molecule has 4 nitrogen and oxygen atoms in total. The molecule has 0 fully saturated rings. The number of thiazole rings is 1. The fourth-order valence-corrected chi connectivity index (χ4v) is 3.58. The first-order valence-electron chi connectivity index (χ1n) is 6.40. The number of alkyl halides is 2. The molecule has 1 aromatic heterocycles. The number of hydrogen-bond donors (Lipinski definition) is 1. The Bertz CT molecular complexity index is 579. The van der Waals surface area contributed by atoms with E-state index in [9.17, 15) is 13.6 Å². The lowest BCUT2D eigenvalue weighted by molar-refractivity contribution is -0.109. The molecule has 2 aromatic rings. The molecule has 0 saturated heterocycles. The maximum Gasteiger partial charge on any atom is 0.252 e. The molecule has 1 N–H and O–H groups in total. The summed E-state index contributed by atoms with van der Waals surface area (Å²) in [5.74, 6) is 0. The second kappa shape index (κ2) is 8.26. The fraction of sp³-hybridized carbons (Fsp3) is 0.385. The van der Waals surface area contributed by atoms with E-state index in [0.717, 1.165) is 15.1 Å². The highest BCUT2D eigenvalue weighted by molar-refractivity contribution is 7.97. The molecule has 21 heavy (non-hydrogen) atoms. The van der Waals surface area contributed by atoms with E-state index in [0.29, 0.717) is 25.9 Å². The van der Waals surface area contributed by atoms with Crippen LogP contribution in [0.2, 0.25) is 0 Å². The van der Waals surface area contributed by atoms with Crippen molar-refractivity contribution in [2.24, 2.45) is 0 Å². The molecule has 0 aliphatic rings. The number of halogens is 2. The maximum absolute atomic E-state index is 12.6. The molecule has 0 aliphatic heterocycles. The number of nitrogens with zero attached hydrogens (tertiary/aromatic N) is 2. The quantitative estimate of drug-likeness (QED) is 0.436. The zero-order chi connectivity index (χ0) is 15.1. The fourth-order valence-electron chi connectivity index (χ4n) is 1.79. The summed E-state index contributed by atoms with van der Waals surface area (Å²) in [6.07, 6.45) is -1.15. The van der Waals surface area contributed by atoms with Crippen LogP contribution in [-0.4, -0.2) is 41.8 Å². The monoisotopic (exact) mass is 331 g/mol. The van der Waals surface area contributed by atoms with Crippen LogP contribution in [0.25, 0.3) is 10.2 Å². The molecule has 1 aromatic carbocycles. The van der Waals surface area contributed by atoms with Gasteiger partial charge in [0.25, 0.3) is 6.43 Å². The van der Waals surface area contributed by atoms with Gasteiger partial charge in [0, 0.05) is 18.0 Å². The van der Waals surface area contributed by atoms with Gasteiger partial charge in [-0.05, 0) is 36.6 Å². The topological polar surface area (TPSA) is 45.2 Å². The van der Waals surface area contributed by atoms with E-state index in [1.165, 1.54) is 23.3 Å². The highest BCUT2D eigenvalue weighted by Crippen LogP contribution is 2.28. The molecule has 0 unspecified atom stereocenters. The third-order valence-corrected chi connectivity index (χ3v) is 4.54. The largest absolute Gasteiger partial charge is 0.359 e. The van der Waals surface area contributed by atoms with E-state index < -0.39 is 6.43 Å². The lowest BCUT2D eigenvalue weighted by Gasteiger charge is -2.20. The van der Waals surface area contributed by atoms with Crippen LogP contribution in [0.15, 0.2) is 28.6 Å². The molecule has 1 amide bonds. The lowest BCUT2D eigenvalue weighted by atomic mass is 10.3. The second-order valence-electron chi connectivity index (χ2n) is 4.28. The summed E-state index contributed by atoms with van der Waals surface area (Å²) in [5.41, 5.74) is 2.68. The summed E-state index contributed by atoms with van der Waals surface area (Å²) in [5, 5.41) is 2.53. The number of benzene rings is 1. The van der Waals surface area contributed by atoms with E-state index in [-0.39, 0.29) is 6.54 Å². The highest BCUT2D eigenvalue weighted by Gasteiger charge is 2.13. The smallest absolute Gasteiger partial charge is 0.252 e. The molecule has 0 aliphatic carbocycles. The molecular formula is C13H15F2N3OS2. The molecule has 1 heterocycles. The minimum atomic E-state index is -2.39. The molecular weight excluding hydrogens is 316 g/mol. The van der Waals surface area contributed by atoms with Crippen molar-refractivity contribution in [2.75, 3.05) is 19.6 Å². The number of amides is 1. The number of nitrogens with one attached hydrogen (secondary N) is 1. The van der Waals surface area contributed by atoms with Crippen molar-refractivity contribution in [3.05, 3.63) is 23.7 Å². The normalized spacial score (nSPS) is 11.4.